The summed E-state index contributed by atoms with van der Waals surface area (Å²) in [6.45, 7) is 4.73. The first-order valence-corrected chi connectivity index (χ1v) is 3.60. The summed E-state index contributed by atoms with van der Waals surface area (Å²) >= 11 is 0. The molecule has 0 bridgehead atoms. The average molecular weight is 154 g/mol. The highest BCUT2D eigenvalue weighted by molar-refractivity contribution is 5.72. The molecule has 62 valence electrons. The van der Waals surface area contributed by atoms with E-state index in [0.29, 0.717) is 13.1 Å². The summed E-state index contributed by atoms with van der Waals surface area (Å²) in [5.41, 5.74) is 0. The first kappa shape index (κ1) is 9.99. The van der Waals surface area contributed by atoms with E-state index in [-0.39, 0.29) is 11.9 Å². The van der Waals surface area contributed by atoms with Gasteiger partial charge in [0.05, 0.1) is 6.04 Å². The fourth-order valence-corrected chi connectivity index (χ4v) is 0.586. The van der Waals surface area contributed by atoms with Gasteiger partial charge in [0, 0.05) is 20.0 Å². The molecule has 0 aliphatic rings. The second-order valence-corrected chi connectivity index (χ2v) is 2.33. The Bertz CT molecular complexity index is 160. The van der Waals surface area contributed by atoms with Crippen molar-refractivity contribution in [2.24, 2.45) is 0 Å². The van der Waals surface area contributed by atoms with E-state index in [1.165, 1.54) is 6.92 Å². The Morgan fingerprint density at radius 2 is 2.27 bits per heavy atom. The number of hydrogen-bond acceptors (Lipinski definition) is 2. The largest absolute Gasteiger partial charge is 0.355 e. The lowest BCUT2D eigenvalue weighted by molar-refractivity contribution is -0.118. The summed E-state index contributed by atoms with van der Waals surface area (Å²) in [5, 5.41) is 5.69. The molecule has 0 radical (unpaired) electrons. The lowest BCUT2D eigenvalue weighted by Crippen LogP contribution is -2.34. The fraction of sp³-hybridized carbons (Fsp3) is 0.625. The molecule has 1 amide bonds. The average Bonchev–Trinajstić information content (AvgIpc) is 1.97. The van der Waals surface area contributed by atoms with Crippen molar-refractivity contribution in [1.29, 1.82) is 0 Å². The van der Waals surface area contributed by atoms with E-state index in [4.69, 9.17) is 6.42 Å². The van der Waals surface area contributed by atoms with Crippen LogP contribution in [0.25, 0.3) is 0 Å². The number of carbonyl (C=O) groups excluding carboxylic acids is 1. The van der Waals surface area contributed by atoms with Crippen LogP contribution in [-0.4, -0.2) is 25.0 Å². The Morgan fingerprint density at radius 1 is 1.64 bits per heavy atom. The molecule has 0 spiro atoms. The van der Waals surface area contributed by atoms with Crippen LogP contribution in [-0.2, 0) is 4.79 Å². The molecule has 0 aliphatic carbocycles. The van der Waals surface area contributed by atoms with Crippen LogP contribution in [0, 0.1) is 12.3 Å². The first-order valence-electron chi connectivity index (χ1n) is 3.60. The molecule has 0 heterocycles. The maximum Gasteiger partial charge on any atom is 0.216 e. The van der Waals surface area contributed by atoms with Gasteiger partial charge >= 0.3 is 0 Å². The SMILES string of the molecule is C#CC(C)NCCNC(C)=O. The maximum absolute atomic E-state index is 10.4. The van der Waals surface area contributed by atoms with Crippen molar-refractivity contribution in [2.75, 3.05) is 13.1 Å². The van der Waals surface area contributed by atoms with Crippen molar-refractivity contribution in [3.05, 3.63) is 0 Å². The van der Waals surface area contributed by atoms with Crippen LogP contribution in [0.1, 0.15) is 13.8 Å². The molecule has 1 unspecified atom stereocenters. The molecule has 0 aromatic heterocycles. The number of hydrogen-bond donors (Lipinski definition) is 2. The number of amides is 1. The maximum atomic E-state index is 10.4. The molecule has 0 fully saturated rings. The van der Waals surface area contributed by atoms with E-state index in [9.17, 15) is 4.79 Å². The van der Waals surface area contributed by atoms with Crippen LogP contribution in [0.15, 0.2) is 0 Å². The molecule has 1 atom stereocenters. The molecule has 0 rings (SSSR count). The summed E-state index contributed by atoms with van der Waals surface area (Å²) in [6.07, 6.45) is 5.11. The van der Waals surface area contributed by atoms with Gasteiger partial charge < -0.3 is 10.6 Å². The molecule has 0 saturated carbocycles. The van der Waals surface area contributed by atoms with Crippen LogP contribution in [0.2, 0.25) is 0 Å². The fourth-order valence-electron chi connectivity index (χ4n) is 0.586. The molecule has 3 nitrogen and oxygen atoms in total. The predicted octanol–water partition coefficient (Wildman–Crippen LogP) is -0.266. The van der Waals surface area contributed by atoms with Crippen molar-refractivity contribution in [3.63, 3.8) is 0 Å². The van der Waals surface area contributed by atoms with E-state index in [0.717, 1.165) is 0 Å². The van der Waals surface area contributed by atoms with E-state index in [1.807, 2.05) is 6.92 Å². The minimum absolute atomic E-state index is 0.0137. The Hall–Kier alpha value is -1.01. The van der Waals surface area contributed by atoms with Gasteiger partial charge in [-0.3, -0.25) is 4.79 Å². The summed E-state index contributed by atoms with van der Waals surface area (Å²) < 4.78 is 0. The van der Waals surface area contributed by atoms with Gasteiger partial charge in [0.25, 0.3) is 0 Å². The molecular weight excluding hydrogens is 140 g/mol. The Morgan fingerprint density at radius 3 is 2.73 bits per heavy atom. The molecule has 0 aromatic carbocycles. The molecule has 11 heavy (non-hydrogen) atoms. The minimum Gasteiger partial charge on any atom is -0.355 e. The predicted molar refractivity (Wildman–Crippen MR) is 45.0 cm³/mol. The molecule has 2 N–H and O–H groups in total. The van der Waals surface area contributed by atoms with E-state index in [2.05, 4.69) is 16.6 Å². The third-order valence-electron chi connectivity index (χ3n) is 1.20. The zero-order chi connectivity index (χ0) is 8.69. The summed E-state index contributed by atoms with van der Waals surface area (Å²) in [6, 6.07) is 0.0729. The van der Waals surface area contributed by atoms with Gasteiger partial charge in [0.1, 0.15) is 0 Å². The van der Waals surface area contributed by atoms with Crippen LogP contribution < -0.4 is 10.6 Å². The topological polar surface area (TPSA) is 41.1 Å². The zero-order valence-electron chi connectivity index (χ0n) is 6.98. The second kappa shape index (κ2) is 5.75. The van der Waals surface area contributed by atoms with E-state index in [1.54, 1.807) is 0 Å². The first-order chi connectivity index (χ1) is 5.16. The van der Waals surface area contributed by atoms with Gasteiger partial charge in [-0.25, -0.2) is 0 Å². The second-order valence-electron chi connectivity index (χ2n) is 2.33. The van der Waals surface area contributed by atoms with Gasteiger partial charge in [-0.15, -0.1) is 6.42 Å². The Balaban J connectivity index is 3.16. The quantitative estimate of drug-likeness (QED) is 0.432. The molecule has 0 aliphatic heterocycles. The lowest BCUT2D eigenvalue weighted by atomic mass is 10.3. The molecule has 3 heteroatoms. The van der Waals surface area contributed by atoms with Crippen molar-refractivity contribution >= 4 is 5.91 Å². The molecule has 0 aromatic rings. The third-order valence-corrected chi connectivity index (χ3v) is 1.20. The number of nitrogens with one attached hydrogen (secondary N) is 2. The molecular formula is C8H14N2O. The monoisotopic (exact) mass is 154 g/mol. The lowest BCUT2D eigenvalue weighted by Gasteiger charge is -2.06. The van der Waals surface area contributed by atoms with Gasteiger partial charge in [-0.1, -0.05) is 5.92 Å². The van der Waals surface area contributed by atoms with E-state index < -0.39 is 0 Å². The van der Waals surface area contributed by atoms with Crippen molar-refractivity contribution < 1.29 is 4.79 Å². The minimum atomic E-state index is -0.0137. The number of terminal acetylenes is 1. The van der Waals surface area contributed by atoms with Crippen LogP contribution >= 0.6 is 0 Å². The van der Waals surface area contributed by atoms with Gasteiger partial charge in [-0.2, -0.15) is 0 Å². The highest BCUT2D eigenvalue weighted by Gasteiger charge is 1.93. The third kappa shape index (κ3) is 6.88. The zero-order valence-corrected chi connectivity index (χ0v) is 6.98. The number of carbonyl (C=O) groups is 1. The Labute approximate surface area is 67.6 Å². The molecule has 0 saturated heterocycles. The summed E-state index contributed by atoms with van der Waals surface area (Å²) in [5.74, 6) is 2.52. The summed E-state index contributed by atoms with van der Waals surface area (Å²) in [4.78, 5) is 10.4. The Kier molecular flexibility index (Phi) is 5.22. The normalized spacial score (nSPS) is 11.7. The van der Waals surface area contributed by atoms with E-state index >= 15 is 0 Å². The van der Waals surface area contributed by atoms with Gasteiger partial charge in [0.15, 0.2) is 0 Å². The van der Waals surface area contributed by atoms with Crippen molar-refractivity contribution in [2.45, 2.75) is 19.9 Å². The standard InChI is InChI=1S/C8H14N2O/c1-4-7(2)9-5-6-10-8(3)11/h1,7,9H,5-6H2,2-3H3,(H,10,11). The highest BCUT2D eigenvalue weighted by atomic mass is 16.1. The van der Waals surface area contributed by atoms with Crippen LogP contribution in [0.5, 0.6) is 0 Å². The number of rotatable bonds is 4. The smallest absolute Gasteiger partial charge is 0.216 e. The van der Waals surface area contributed by atoms with Gasteiger partial charge in [0.2, 0.25) is 5.91 Å². The van der Waals surface area contributed by atoms with Crippen molar-refractivity contribution in [1.82, 2.24) is 10.6 Å². The van der Waals surface area contributed by atoms with Crippen molar-refractivity contribution in [3.8, 4) is 12.3 Å². The van der Waals surface area contributed by atoms with Gasteiger partial charge in [-0.05, 0) is 6.92 Å². The summed E-state index contributed by atoms with van der Waals surface area (Å²) in [7, 11) is 0. The van der Waals surface area contributed by atoms with Crippen LogP contribution in [0.3, 0.4) is 0 Å². The van der Waals surface area contributed by atoms with Crippen LogP contribution in [0.4, 0.5) is 0 Å². The highest BCUT2D eigenvalue weighted by Crippen LogP contribution is 1.73.